The number of amides is 1. The molecule has 3 aliphatic rings. The number of halogens is 1. The van der Waals surface area contributed by atoms with Gasteiger partial charge in [-0.25, -0.2) is 4.31 Å². The van der Waals surface area contributed by atoms with Crippen LogP contribution in [-0.2, 0) is 14.0 Å². The van der Waals surface area contributed by atoms with E-state index in [1.165, 1.54) is 0 Å². The van der Waals surface area contributed by atoms with E-state index >= 15 is 0 Å². The van der Waals surface area contributed by atoms with Gasteiger partial charge in [-0.1, -0.05) is 12.2 Å². The highest BCUT2D eigenvalue weighted by molar-refractivity contribution is 8.12. The van der Waals surface area contributed by atoms with E-state index in [-0.39, 0.29) is 23.8 Å². The third kappa shape index (κ3) is 0.941. The summed E-state index contributed by atoms with van der Waals surface area (Å²) in [4.78, 5) is 11.7. The summed E-state index contributed by atoms with van der Waals surface area (Å²) < 4.78 is 23.2. The third-order valence-electron chi connectivity index (χ3n) is 3.34. The van der Waals surface area contributed by atoms with Crippen LogP contribution < -0.4 is 0 Å². The van der Waals surface area contributed by atoms with Gasteiger partial charge in [-0.2, -0.15) is 8.42 Å². The van der Waals surface area contributed by atoms with E-state index in [4.69, 9.17) is 10.7 Å². The number of rotatable bonds is 1. The van der Waals surface area contributed by atoms with Crippen molar-refractivity contribution >= 4 is 25.8 Å². The molecule has 2 aliphatic carbocycles. The molecule has 6 heteroatoms. The van der Waals surface area contributed by atoms with Crippen LogP contribution in [-0.4, -0.2) is 24.7 Å². The summed E-state index contributed by atoms with van der Waals surface area (Å²) in [6, 6.07) is -0.343. The van der Waals surface area contributed by atoms with Crippen LogP contribution in [0.15, 0.2) is 12.2 Å². The SMILES string of the molecule is O=C1[C@@H]2[C@@H]3C=C[C@@H](C[C@@H]32)N1S(=O)(=O)Cl. The van der Waals surface area contributed by atoms with Crippen LogP contribution in [0.3, 0.4) is 0 Å². The van der Waals surface area contributed by atoms with Crippen LogP contribution in [0.4, 0.5) is 0 Å². The zero-order valence-electron chi connectivity index (χ0n) is 7.13. The highest BCUT2D eigenvalue weighted by Gasteiger charge is 2.62. The maximum Gasteiger partial charge on any atom is 0.324 e. The number of hydrogen-bond acceptors (Lipinski definition) is 3. The van der Waals surface area contributed by atoms with Gasteiger partial charge in [0.2, 0.25) is 5.91 Å². The number of hydrogen-bond donors (Lipinski definition) is 0. The van der Waals surface area contributed by atoms with Crippen LogP contribution in [0.25, 0.3) is 0 Å². The van der Waals surface area contributed by atoms with Crippen molar-refractivity contribution in [2.45, 2.75) is 12.5 Å². The summed E-state index contributed by atoms with van der Waals surface area (Å²) in [6.45, 7) is 0. The molecule has 0 spiro atoms. The predicted molar refractivity (Wildman–Crippen MR) is 49.6 cm³/mol. The maximum absolute atomic E-state index is 11.7. The Morgan fingerprint density at radius 2 is 2.14 bits per heavy atom. The lowest BCUT2D eigenvalue weighted by atomic mass is 10.0. The standard InChI is InChI=1S/C8H8ClNO3S/c9-14(12,13)10-4-1-2-5-6(3-4)7(5)8(10)11/h1-2,4-7H,3H2/t4-,5+,6-,7+/m0/s1. The van der Waals surface area contributed by atoms with Gasteiger partial charge in [0.25, 0.3) is 0 Å². The Kier molecular flexibility index (Phi) is 1.46. The largest absolute Gasteiger partial charge is 0.324 e. The summed E-state index contributed by atoms with van der Waals surface area (Å²) in [6.07, 6.45) is 4.47. The van der Waals surface area contributed by atoms with Crippen LogP contribution in [0.5, 0.6) is 0 Å². The molecule has 3 rings (SSSR count). The average molecular weight is 234 g/mol. The van der Waals surface area contributed by atoms with Gasteiger partial charge in [0.05, 0.1) is 6.04 Å². The van der Waals surface area contributed by atoms with E-state index in [1.807, 2.05) is 6.08 Å². The third-order valence-corrected chi connectivity index (χ3v) is 4.70. The zero-order valence-corrected chi connectivity index (χ0v) is 8.70. The lowest BCUT2D eigenvalue weighted by Crippen LogP contribution is -2.45. The minimum Gasteiger partial charge on any atom is -0.273 e. The lowest BCUT2D eigenvalue weighted by Gasteiger charge is -2.30. The average Bonchev–Trinajstić information content (AvgIpc) is 2.76. The van der Waals surface area contributed by atoms with Crippen LogP contribution in [0.1, 0.15) is 6.42 Å². The Morgan fingerprint density at radius 1 is 1.43 bits per heavy atom. The first-order valence-electron chi connectivity index (χ1n) is 4.46. The molecule has 0 aromatic heterocycles. The molecule has 1 heterocycles. The summed E-state index contributed by atoms with van der Waals surface area (Å²) in [7, 11) is 1.31. The van der Waals surface area contributed by atoms with E-state index in [0.29, 0.717) is 5.92 Å². The Hall–Kier alpha value is -0.550. The highest BCUT2D eigenvalue weighted by atomic mass is 35.7. The maximum atomic E-state index is 11.7. The molecule has 1 saturated heterocycles. The van der Waals surface area contributed by atoms with Gasteiger partial charge in [-0.05, 0) is 18.3 Å². The molecule has 4 nitrogen and oxygen atoms in total. The molecule has 0 aromatic rings. The molecule has 14 heavy (non-hydrogen) atoms. The van der Waals surface area contributed by atoms with Gasteiger partial charge in [0.15, 0.2) is 0 Å². The fourth-order valence-corrected chi connectivity index (χ4v) is 4.01. The van der Waals surface area contributed by atoms with E-state index in [9.17, 15) is 13.2 Å². The molecule has 0 N–H and O–H groups in total. The first kappa shape index (κ1) is 8.73. The fourth-order valence-electron chi connectivity index (χ4n) is 2.68. The van der Waals surface area contributed by atoms with Crippen molar-refractivity contribution in [2.75, 3.05) is 0 Å². The number of nitrogens with zero attached hydrogens (tertiary/aromatic N) is 1. The molecule has 0 aromatic carbocycles. The smallest absolute Gasteiger partial charge is 0.273 e. The van der Waals surface area contributed by atoms with Crippen molar-refractivity contribution < 1.29 is 13.2 Å². The zero-order chi connectivity index (χ0) is 10.1. The molecule has 4 atom stereocenters. The van der Waals surface area contributed by atoms with Crippen molar-refractivity contribution in [2.24, 2.45) is 17.8 Å². The van der Waals surface area contributed by atoms with E-state index in [1.54, 1.807) is 6.08 Å². The molecule has 1 aliphatic heterocycles. The van der Waals surface area contributed by atoms with Crippen molar-refractivity contribution in [3.63, 3.8) is 0 Å². The van der Waals surface area contributed by atoms with Crippen LogP contribution in [0, 0.1) is 17.8 Å². The number of piperidine rings is 1. The summed E-state index contributed by atoms with van der Waals surface area (Å²) >= 11 is 0. The number of carbonyl (C=O) groups is 1. The van der Waals surface area contributed by atoms with Gasteiger partial charge in [0.1, 0.15) is 0 Å². The van der Waals surface area contributed by atoms with Gasteiger partial charge in [-0.3, -0.25) is 4.79 Å². The Bertz CT molecular complexity index is 444. The van der Waals surface area contributed by atoms with E-state index in [2.05, 4.69) is 0 Å². The first-order valence-corrected chi connectivity index (χ1v) is 6.73. The monoisotopic (exact) mass is 233 g/mol. The van der Waals surface area contributed by atoms with Crippen molar-refractivity contribution in [3.05, 3.63) is 12.2 Å². The molecule has 0 radical (unpaired) electrons. The molecule has 76 valence electrons. The van der Waals surface area contributed by atoms with Gasteiger partial charge in [-0.15, -0.1) is 0 Å². The topological polar surface area (TPSA) is 54.5 Å². The normalized spacial score (nSPS) is 44.1. The van der Waals surface area contributed by atoms with Crippen LogP contribution >= 0.6 is 10.7 Å². The number of allylic oxidation sites excluding steroid dienone is 1. The van der Waals surface area contributed by atoms with Gasteiger partial charge < -0.3 is 0 Å². The van der Waals surface area contributed by atoms with E-state index in [0.717, 1.165) is 10.7 Å². The molecule has 1 amide bonds. The molecule has 0 unspecified atom stereocenters. The Morgan fingerprint density at radius 3 is 2.79 bits per heavy atom. The quantitative estimate of drug-likeness (QED) is 0.490. The number of carbonyl (C=O) groups excluding carboxylic acids is 1. The second kappa shape index (κ2) is 2.33. The summed E-state index contributed by atoms with van der Waals surface area (Å²) in [5.41, 5.74) is 0. The fraction of sp³-hybridized carbons (Fsp3) is 0.625. The predicted octanol–water partition coefficient (Wildman–Crippen LogP) is 0.503. The Labute approximate surface area is 86.1 Å². The minimum absolute atomic E-state index is 0.126. The van der Waals surface area contributed by atoms with Crippen LogP contribution in [0.2, 0.25) is 0 Å². The first-order chi connectivity index (χ1) is 6.50. The van der Waals surface area contributed by atoms with Crippen molar-refractivity contribution in [3.8, 4) is 0 Å². The minimum atomic E-state index is -3.91. The summed E-state index contributed by atoms with van der Waals surface area (Å²) in [5.74, 6) is 0.184. The second-order valence-corrected chi connectivity index (χ2v) is 6.42. The number of fused-ring (bicyclic) bond motifs is 2. The second-order valence-electron chi connectivity index (χ2n) is 4.03. The highest BCUT2D eigenvalue weighted by Crippen LogP contribution is 2.58. The lowest BCUT2D eigenvalue weighted by molar-refractivity contribution is -0.130. The molecule has 2 fully saturated rings. The Balaban J connectivity index is 2.08. The van der Waals surface area contributed by atoms with Gasteiger partial charge >= 0.3 is 9.24 Å². The molecular formula is C8H8ClNO3S. The molecule has 2 bridgehead atoms. The summed E-state index contributed by atoms with van der Waals surface area (Å²) in [5, 5.41) is 0. The van der Waals surface area contributed by atoms with Gasteiger partial charge in [0, 0.05) is 16.6 Å². The molecule has 1 saturated carbocycles. The van der Waals surface area contributed by atoms with Crippen molar-refractivity contribution in [1.82, 2.24) is 4.31 Å². The van der Waals surface area contributed by atoms with Crippen molar-refractivity contribution in [1.29, 1.82) is 0 Å². The van der Waals surface area contributed by atoms with E-state index < -0.39 is 9.24 Å². The molecular weight excluding hydrogens is 226 g/mol.